The Balaban J connectivity index is 3.62. The zero-order valence-electron chi connectivity index (χ0n) is 53.6. The summed E-state index contributed by atoms with van der Waals surface area (Å²) in [6, 6.07) is 0. The van der Waals surface area contributed by atoms with E-state index in [1.807, 2.05) is 0 Å². The highest BCUT2D eigenvalue weighted by Crippen LogP contribution is 2.14. The van der Waals surface area contributed by atoms with Crippen LogP contribution < -0.4 is 0 Å². The number of esters is 2. The molecule has 0 aromatic rings. The van der Waals surface area contributed by atoms with E-state index in [0.717, 1.165) is 154 Å². The fourth-order valence-electron chi connectivity index (χ4n) is 8.62. The molecule has 5 heteroatoms. The number of unbranched alkanes of at least 4 members (excludes halogenated alkanes) is 17. The maximum absolute atomic E-state index is 12.4. The van der Waals surface area contributed by atoms with E-state index in [2.05, 4.69) is 220 Å². The minimum Gasteiger partial charge on any atom is -0.462 e. The molecule has 468 valence electrons. The van der Waals surface area contributed by atoms with Crippen molar-refractivity contribution in [1.82, 2.24) is 0 Å². The molecule has 0 saturated carbocycles. The molecule has 0 aromatic carbocycles. The molecule has 5 nitrogen and oxygen atoms in total. The minimum absolute atomic E-state index is 0.0860. The highest BCUT2D eigenvalue weighted by molar-refractivity contribution is 5.70. The van der Waals surface area contributed by atoms with Gasteiger partial charge >= 0.3 is 11.9 Å². The molecule has 0 aliphatic carbocycles. The quantitative estimate of drug-likeness (QED) is 0.0373. The minimum atomic E-state index is -0.798. The molecule has 0 aliphatic rings. The van der Waals surface area contributed by atoms with Crippen LogP contribution in [0.4, 0.5) is 0 Å². The molecule has 0 bridgehead atoms. The van der Waals surface area contributed by atoms with Gasteiger partial charge < -0.3 is 14.6 Å². The van der Waals surface area contributed by atoms with Crippen molar-refractivity contribution in [3.63, 3.8) is 0 Å². The lowest BCUT2D eigenvalue weighted by atomic mass is 10.1. The van der Waals surface area contributed by atoms with Crippen LogP contribution in [0.5, 0.6) is 0 Å². The van der Waals surface area contributed by atoms with E-state index in [1.165, 1.54) is 77.0 Å². The van der Waals surface area contributed by atoms with Gasteiger partial charge in [-0.25, -0.2) is 0 Å². The molecule has 1 N–H and O–H groups in total. The Labute approximate surface area is 517 Å². The molecule has 0 rings (SSSR count). The van der Waals surface area contributed by atoms with Crippen LogP contribution in [0.15, 0.2) is 207 Å². The Bertz CT molecular complexity index is 1980. The normalized spacial score (nSPS) is 13.6. The predicted molar refractivity (Wildman–Crippen MR) is 370 cm³/mol. The van der Waals surface area contributed by atoms with Crippen LogP contribution in [0.2, 0.25) is 0 Å². The molecular formula is C79H122O5. The van der Waals surface area contributed by atoms with E-state index in [-0.39, 0.29) is 25.2 Å². The fraction of sp³-hybridized carbons (Fsp3) is 0.544. The predicted octanol–water partition coefficient (Wildman–Crippen LogP) is 23.8. The Morgan fingerprint density at radius 2 is 0.476 bits per heavy atom. The van der Waals surface area contributed by atoms with Crippen LogP contribution in [-0.4, -0.2) is 36.4 Å². The molecule has 0 heterocycles. The van der Waals surface area contributed by atoms with E-state index in [1.54, 1.807) is 0 Å². The molecule has 0 saturated heterocycles. The number of hydrogen-bond donors (Lipinski definition) is 1. The second kappa shape index (κ2) is 71.7. The summed E-state index contributed by atoms with van der Waals surface area (Å²) in [5.41, 5.74) is 0. The third kappa shape index (κ3) is 69.0. The van der Waals surface area contributed by atoms with Crippen LogP contribution in [0.25, 0.3) is 0 Å². The van der Waals surface area contributed by atoms with Gasteiger partial charge in [-0.05, 0) is 148 Å². The zero-order valence-corrected chi connectivity index (χ0v) is 53.6. The van der Waals surface area contributed by atoms with Gasteiger partial charge in [-0.1, -0.05) is 304 Å². The smallest absolute Gasteiger partial charge is 0.306 e. The summed E-state index contributed by atoms with van der Waals surface area (Å²) in [5.74, 6) is -0.621. The number of aliphatic hydroxyl groups excluding tert-OH is 1. The summed E-state index contributed by atoms with van der Waals surface area (Å²) in [6.07, 6.45) is 115. The lowest BCUT2D eigenvalue weighted by Gasteiger charge is -2.15. The average Bonchev–Trinajstić information content (AvgIpc) is 3.51. The molecule has 1 unspecified atom stereocenters. The summed E-state index contributed by atoms with van der Waals surface area (Å²) in [6.45, 7) is 3.89. The zero-order chi connectivity index (χ0) is 60.5. The Kier molecular flexibility index (Phi) is 67.0. The van der Waals surface area contributed by atoms with Gasteiger partial charge in [0.2, 0.25) is 0 Å². The first-order valence-electron chi connectivity index (χ1n) is 33.6. The van der Waals surface area contributed by atoms with E-state index in [9.17, 15) is 14.7 Å². The topological polar surface area (TPSA) is 72.8 Å². The number of carbonyl (C=O) groups is 2. The molecular weight excluding hydrogens is 1030 g/mol. The summed E-state index contributed by atoms with van der Waals surface area (Å²) in [4.78, 5) is 24.6. The van der Waals surface area contributed by atoms with Crippen LogP contribution >= 0.6 is 0 Å². The number of carbonyl (C=O) groups excluding carboxylic acids is 2. The van der Waals surface area contributed by atoms with E-state index in [0.29, 0.717) is 12.8 Å². The number of hydrogen-bond acceptors (Lipinski definition) is 5. The molecule has 1 atom stereocenters. The van der Waals surface area contributed by atoms with Gasteiger partial charge in [-0.3, -0.25) is 9.59 Å². The first kappa shape index (κ1) is 78.5. The Morgan fingerprint density at radius 3 is 0.714 bits per heavy atom. The van der Waals surface area contributed by atoms with Crippen molar-refractivity contribution in [2.45, 2.75) is 264 Å². The molecule has 0 radical (unpaired) electrons. The van der Waals surface area contributed by atoms with Crippen molar-refractivity contribution in [2.75, 3.05) is 13.2 Å². The molecule has 84 heavy (non-hydrogen) atoms. The van der Waals surface area contributed by atoms with Crippen molar-refractivity contribution >= 4 is 11.9 Å². The molecule has 0 spiro atoms. The third-order valence-corrected chi connectivity index (χ3v) is 13.6. The van der Waals surface area contributed by atoms with Crippen molar-refractivity contribution in [1.29, 1.82) is 0 Å². The van der Waals surface area contributed by atoms with Crippen molar-refractivity contribution in [3.05, 3.63) is 207 Å². The number of ether oxygens (including phenoxy) is 2. The number of allylic oxidation sites excluding steroid dienone is 34. The average molecular weight is 1150 g/mol. The summed E-state index contributed by atoms with van der Waals surface area (Å²) in [7, 11) is 0. The van der Waals surface area contributed by atoms with Crippen LogP contribution in [-0.2, 0) is 19.1 Å². The monoisotopic (exact) mass is 1150 g/mol. The lowest BCUT2D eigenvalue weighted by Crippen LogP contribution is -2.28. The summed E-state index contributed by atoms with van der Waals surface area (Å²) in [5, 5.41) is 9.70. The van der Waals surface area contributed by atoms with Crippen LogP contribution in [0, 0.1) is 0 Å². The van der Waals surface area contributed by atoms with Gasteiger partial charge in [0, 0.05) is 12.8 Å². The molecule has 0 aliphatic heterocycles. The highest BCUT2D eigenvalue weighted by Gasteiger charge is 2.16. The van der Waals surface area contributed by atoms with Gasteiger partial charge in [0.15, 0.2) is 6.10 Å². The van der Waals surface area contributed by atoms with Gasteiger partial charge in [0.25, 0.3) is 0 Å². The summed E-state index contributed by atoms with van der Waals surface area (Å²) < 4.78 is 10.7. The fourth-order valence-corrected chi connectivity index (χ4v) is 8.62. The van der Waals surface area contributed by atoms with Crippen molar-refractivity contribution in [2.24, 2.45) is 0 Å². The van der Waals surface area contributed by atoms with Crippen LogP contribution in [0.1, 0.15) is 258 Å². The first-order valence-corrected chi connectivity index (χ1v) is 33.6. The largest absolute Gasteiger partial charge is 0.462 e. The van der Waals surface area contributed by atoms with E-state index in [4.69, 9.17) is 9.47 Å². The van der Waals surface area contributed by atoms with Crippen LogP contribution in [0.3, 0.4) is 0 Å². The van der Waals surface area contributed by atoms with Gasteiger partial charge in [-0.2, -0.15) is 0 Å². The maximum Gasteiger partial charge on any atom is 0.306 e. The van der Waals surface area contributed by atoms with Crippen molar-refractivity contribution < 1.29 is 24.2 Å². The standard InChI is InChI=1S/C79H122O5/c1-3-5-7-9-11-13-15-17-19-21-23-25-27-29-31-33-35-37-39-41-43-45-47-49-51-53-55-57-59-61-63-65-67-69-71-73-78(81)83-76-77(75-80)84-79(82)74-72-70-68-66-64-62-60-58-56-54-52-50-48-46-44-42-40-38-36-34-32-30-28-26-24-22-20-18-16-14-12-10-8-6-4-2/h5-8,11-14,17-20,23-26,29-32,35-38,41-44,47-50,54,56,77,80H,3-4,9-10,15-16,21-22,27-28,33-34,39-40,45-46,51-53,55,57-76H2,1-2H3/b7-5-,8-6-,13-11-,14-12-,19-17-,20-18-,25-23-,26-24-,31-29-,32-30-,37-35-,38-36-,43-41-,44-42-,49-47-,50-48-,56-54-. The molecule has 0 amide bonds. The number of rotatable bonds is 59. The SMILES string of the molecule is CC/C=C\C/C=C\C/C=C\C/C=C\C/C=C\C/C=C\C/C=C\C/C=C\C/C=C\CCCCCCCCCC(=O)OC(CO)COC(=O)CCCCCCCCCCCC/C=C\C/C=C\C/C=C\C/C=C\C/C=C\C/C=C\C/C=C\C/C=C\CC. The van der Waals surface area contributed by atoms with Crippen molar-refractivity contribution in [3.8, 4) is 0 Å². The first-order chi connectivity index (χ1) is 41.6. The second-order valence-corrected chi connectivity index (χ2v) is 21.4. The van der Waals surface area contributed by atoms with E-state index < -0.39 is 6.10 Å². The van der Waals surface area contributed by atoms with Gasteiger partial charge in [0.05, 0.1) is 6.61 Å². The maximum atomic E-state index is 12.4. The lowest BCUT2D eigenvalue weighted by molar-refractivity contribution is -0.161. The summed E-state index contributed by atoms with van der Waals surface area (Å²) >= 11 is 0. The third-order valence-electron chi connectivity index (χ3n) is 13.6. The molecule has 0 aromatic heterocycles. The second-order valence-electron chi connectivity index (χ2n) is 21.4. The molecule has 0 fully saturated rings. The highest BCUT2D eigenvalue weighted by atomic mass is 16.6. The van der Waals surface area contributed by atoms with Gasteiger partial charge in [-0.15, -0.1) is 0 Å². The van der Waals surface area contributed by atoms with E-state index >= 15 is 0 Å². The Hall–Kier alpha value is -5.52. The number of aliphatic hydroxyl groups is 1. The van der Waals surface area contributed by atoms with Gasteiger partial charge in [0.1, 0.15) is 6.61 Å². The Morgan fingerprint density at radius 1 is 0.274 bits per heavy atom.